The summed E-state index contributed by atoms with van der Waals surface area (Å²) in [7, 11) is 0. The third-order valence-electron chi connectivity index (χ3n) is 5.65. The van der Waals surface area contributed by atoms with Crippen LogP contribution in [-0.4, -0.2) is 62.1 Å². The van der Waals surface area contributed by atoms with E-state index in [1.54, 1.807) is 4.57 Å². The van der Waals surface area contributed by atoms with E-state index in [1.165, 1.54) is 0 Å². The van der Waals surface area contributed by atoms with E-state index in [9.17, 15) is 20.4 Å². The van der Waals surface area contributed by atoms with Crippen molar-refractivity contribution >= 4 is 10.9 Å². The Morgan fingerprint density at radius 3 is 2.35 bits per heavy atom. The standard InChI is InChI=1S/C24H29NO6/c1-14(2)30-17-9-7-15(8-10-17)11-16-12-25(19-6-4-3-5-18(16)19)24-23(29)22(28)21(27)20(13-26)31-24/h3-10,12,14,20-24,26-29H,11,13H2,1-2H3/t20-,21-,22+,23-,24-/m1/s1. The normalized spacial score (nSPS) is 26.5. The summed E-state index contributed by atoms with van der Waals surface area (Å²) in [6.45, 7) is 3.52. The summed E-state index contributed by atoms with van der Waals surface area (Å²) in [6, 6.07) is 15.7. The highest BCUT2D eigenvalue weighted by atomic mass is 16.6. The quantitative estimate of drug-likeness (QED) is 0.480. The minimum atomic E-state index is -1.42. The fraction of sp³-hybridized carbons (Fsp3) is 0.417. The molecule has 0 spiro atoms. The van der Waals surface area contributed by atoms with Crippen LogP contribution < -0.4 is 4.74 Å². The number of aromatic nitrogens is 1. The van der Waals surface area contributed by atoms with Gasteiger partial charge in [-0.1, -0.05) is 30.3 Å². The molecule has 166 valence electrons. The van der Waals surface area contributed by atoms with E-state index in [2.05, 4.69) is 0 Å². The first-order chi connectivity index (χ1) is 14.9. The van der Waals surface area contributed by atoms with Gasteiger partial charge in [0.25, 0.3) is 0 Å². The molecule has 4 N–H and O–H groups in total. The fourth-order valence-corrected chi connectivity index (χ4v) is 4.12. The Bertz CT molecular complexity index is 1010. The lowest BCUT2D eigenvalue weighted by Gasteiger charge is -2.40. The van der Waals surface area contributed by atoms with Crippen molar-refractivity contribution in [3.8, 4) is 5.75 Å². The zero-order valence-corrected chi connectivity index (χ0v) is 17.6. The van der Waals surface area contributed by atoms with Crippen LogP contribution in [0.3, 0.4) is 0 Å². The van der Waals surface area contributed by atoms with E-state index in [1.807, 2.05) is 68.6 Å². The number of ether oxygens (including phenoxy) is 2. The number of hydrogen-bond donors (Lipinski definition) is 4. The van der Waals surface area contributed by atoms with Crippen molar-refractivity contribution in [1.29, 1.82) is 0 Å². The summed E-state index contributed by atoms with van der Waals surface area (Å²) >= 11 is 0. The molecule has 7 nitrogen and oxygen atoms in total. The van der Waals surface area contributed by atoms with Gasteiger partial charge in [0, 0.05) is 11.6 Å². The second kappa shape index (κ2) is 8.98. The average molecular weight is 427 g/mol. The Morgan fingerprint density at radius 2 is 1.68 bits per heavy atom. The van der Waals surface area contributed by atoms with E-state index < -0.39 is 37.3 Å². The molecule has 4 rings (SSSR count). The number of para-hydroxylation sites is 1. The number of fused-ring (bicyclic) bond motifs is 1. The van der Waals surface area contributed by atoms with E-state index >= 15 is 0 Å². The van der Waals surface area contributed by atoms with E-state index in [-0.39, 0.29) is 6.10 Å². The zero-order valence-electron chi connectivity index (χ0n) is 17.6. The highest BCUT2D eigenvalue weighted by Crippen LogP contribution is 2.34. The Kier molecular flexibility index (Phi) is 6.31. The van der Waals surface area contributed by atoms with Gasteiger partial charge in [-0.25, -0.2) is 0 Å². The van der Waals surface area contributed by atoms with Gasteiger partial charge >= 0.3 is 0 Å². The maximum absolute atomic E-state index is 10.6. The molecule has 2 heterocycles. The van der Waals surface area contributed by atoms with Crippen LogP contribution in [0.1, 0.15) is 31.2 Å². The van der Waals surface area contributed by atoms with Crippen molar-refractivity contribution in [1.82, 2.24) is 4.57 Å². The van der Waals surface area contributed by atoms with Crippen LogP contribution in [0.4, 0.5) is 0 Å². The summed E-state index contributed by atoms with van der Waals surface area (Å²) in [5.74, 6) is 0.822. The van der Waals surface area contributed by atoms with Gasteiger partial charge in [0.15, 0.2) is 6.23 Å². The lowest BCUT2D eigenvalue weighted by Crippen LogP contribution is -2.56. The largest absolute Gasteiger partial charge is 0.491 e. The van der Waals surface area contributed by atoms with Crippen molar-refractivity contribution in [3.05, 3.63) is 65.9 Å². The number of aliphatic hydroxyl groups excluding tert-OH is 4. The van der Waals surface area contributed by atoms with Crippen molar-refractivity contribution in [2.45, 2.75) is 57.0 Å². The molecular weight excluding hydrogens is 398 g/mol. The molecule has 31 heavy (non-hydrogen) atoms. The molecule has 3 aromatic rings. The second-order valence-corrected chi connectivity index (χ2v) is 8.29. The van der Waals surface area contributed by atoms with Crippen LogP contribution in [0, 0.1) is 0 Å². The highest BCUT2D eigenvalue weighted by Gasteiger charge is 2.44. The predicted molar refractivity (Wildman–Crippen MR) is 116 cm³/mol. The van der Waals surface area contributed by atoms with Crippen LogP contribution >= 0.6 is 0 Å². The maximum Gasteiger partial charge on any atom is 0.163 e. The molecule has 1 aliphatic heterocycles. The van der Waals surface area contributed by atoms with Crippen LogP contribution in [0.2, 0.25) is 0 Å². The van der Waals surface area contributed by atoms with Crippen molar-refractivity contribution in [2.75, 3.05) is 6.61 Å². The van der Waals surface area contributed by atoms with Gasteiger partial charge in [0.1, 0.15) is 30.2 Å². The first-order valence-corrected chi connectivity index (χ1v) is 10.5. The summed E-state index contributed by atoms with van der Waals surface area (Å²) in [5.41, 5.74) is 2.97. The van der Waals surface area contributed by atoms with Gasteiger partial charge in [-0.2, -0.15) is 0 Å². The number of benzene rings is 2. The number of hydrogen-bond acceptors (Lipinski definition) is 6. The van der Waals surface area contributed by atoms with E-state index in [0.717, 1.165) is 27.8 Å². The minimum Gasteiger partial charge on any atom is -0.491 e. The molecule has 1 saturated heterocycles. The summed E-state index contributed by atoms with van der Waals surface area (Å²) < 4.78 is 13.3. The maximum atomic E-state index is 10.6. The monoisotopic (exact) mass is 427 g/mol. The van der Waals surface area contributed by atoms with Crippen LogP contribution in [0.15, 0.2) is 54.7 Å². The van der Waals surface area contributed by atoms with Crippen LogP contribution in [0.5, 0.6) is 5.75 Å². The van der Waals surface area contributed by atoms with Crippen molar-refractivity contribution in [3.63, 3.8) is 0 Å². The number of aliphatic hydroxyl groups is 4. The minimum absolute atomic E-state index is 0.113. The molecule has 0 aliphatic carbocycles. The van der Waals surface area contributed by atoms with Gasteiger partial charge in [-0.05, 0) is 49.6 Å². The summed E-state index contributed by atoms with van der Waals surface area (Å²) in [5, 5.41) is 41.4. The van der Waals surface area contributed by atoms with Crippen LogP contribution in [0.25, 0.3) is 10.9 Å². The van der Waals surface area contributed by atoms with Gasteiger partial charge in [0.2, 0.25) is 0 Å². The lowest BCUT2D eigenvalue weighted by atomic mass is 9.98. The molecule has 0 saturated carbocycles. The van der Waals surface area contributed by atoms with Crippen molar-refractivity contribution in [2.24, 2.45) is 0 Å². The molecule has 0 bridgehead atoms. The molecule has 0 unspecified atom stereocenters. The molecule has 1 aliphatic rings. The summed E-state index contributed by atoms with van der Waals surface area (Å²) in [4.78, 5) is 0. The molecular formula is C24H29NO6. The van der Waals surface area contributed by atoms with Crippen molar-refractivity contribution < 1.29 is 29.9 Å². The Balaban J connectivity index is 1.66. The fourth-order valence-electron chi connectivity index (χ4n) is 4.12. The Morgan fingerprint density at radius 1 is 0.968 bits per heavy atom. The molecule has 1 aromatic heterocycles. The lowest BCUT2D eigenvalue weighted by molar-refractivity contribution is -0.250. The highest BCUT2D eigenvalue weighted by molar-refractivity contribution is 5.84. The SMILES string of the molecule is CC(C)Oc1ccc(Cc2cn([C@@H]3O[C@H](CO)[C@@H](O)[C@H](O)[C@H]3O)c3ccccc23)cc1. The first-order valence-electron chi connectivity index (χ1n) is 10.5. The average Bonchev–Trinajstić information content (AvgIpc) is 3.12. The smallest absolute Gasteiger partial charge is 0.163 e. The second-order valence-electron chi connectivity index (χ2n) is 8.29. The molecule has 2 aromatic carbocycles. The number of rotatable bonds is 6. The molecule has 5 atom stereocenters. The van der Waals surface area contributed by atoms with Gasteiger partial charge < -0.3 is 34.5 Å². The number of nitrogens with zero attached hydrogens (tertiary/aromatic N) is 1. The van der Waals surface area contributed by atoms with Gasteiger partial charge in [0.05, 0.1) is 18.2 Å². The molecule has 7 heteroatoms. The third-order valence-corrected chi connectivity index (χ3v) is 5.65. The third kappa shape index (κ3) is 4.33. The molecule has 0 radical (unpaired) electrons. The first kappa shape index (κ1) is 21.8. The zero-order chi connectivity index (χ0) is 22.1. The van der Waals surface area contributed by atoms with E-state index in [4.69, 9.17) is 9.47 Å². The van der Waals surface area contributed by atoms with Gasteiger partial charge in [-0.3, -0.25) is 0 Å². The topological polar surface area (TPSA) is 104 Å². The molecule has 1 fully saturated rings. The van der Waals surface area contributed by atoms with Crippen LogP contribution in [-0.2, 0) is 11.2 Å². The Hall–Kier alpha value is -2.42. The van der Waals surface area contributed by atoms with E-state index in [0.29, 0.717) is 6.42 Å². The van der Waals surface area contributed by atoms with Gasteiger partial charge in [-0.15, -0.1) is 0 Å². The summed E-state index contributed by atoms with van der Waals surface area (Å²) in [6.07, 6.45) is -3.37. The molecule has 0 amide bonds. The Labute approximate surface area is 181 Å². The predicted octanol–water partition coefficient (Wildman–Crippen LogP) is 1.99.